The summed E-state index contributed by atoms with van der Waals surface area (Å²) >= 11 is 1.73. The molecule has 2 heterocycles. The molecule has 1 aromatic rings. The first-order valence-corrected chi connectivity index (χ1v) is 7.86. The number of thiophene rings is 1. The highest BCUT2D eigenvalue weighted by molar-refractivity contribution is 7.10. The highest BCUT2D eigenvalue weighted by Gasteiger charge is 2.30. The van der Waals surface area contributed by atoms with E-state index in [1.807, 2.05) is 11.8 Å². The molecule has 106 valence electrons. The number of hydrogen-bond donors (Lipinski definition) is 1. The predicted molar refractivity (Wildman–Crippen MR) is 77.5 cm³/mol. The van der Waals surface area contributed by atoms with Gasteiger partial charge in [-0.2, -0.15) is 0 Å². The van der Waals surface area contributed by atoms with E-state index in [9.17, 15) is 4.79 Å². The summed E-state index contributed by atoms with van der Waals surface area (Å²) in [7, 11) is 0. The van der Waals surface area contributed by atoms with Gasteiger partial charge < -0.3 is 15.0 Å². The molecular weight excluding hydrogens is 260 g/mol. The number of rotatable bonds is 6. The van der Waals surface area contributed by atoms with E-state index in [1.54, 1.807) is 11.3 Å². The fourth-order valence-electron chi connectivity index (χ4n) is 2.40. The van der Waals surface area contributed by atoms with Crippen molar-refractivity contribution in [2.45, 2.75) is 32.2 Å². The van der Waals surface area contributed by atoms with Gasteiger partial charge in [0.05, 0.1) is 6.04 Å². The Bertz CT molecular complexity index is 381. The molecule has 0 aliphatic carbocycles. The van der Waals surface area contributed by atoms with Crippen LogP contribution in [0, 0.1) is 0 Å². The molecule has 1 aromatic heterocycles. The Balaban J connectivity index is 1.78. The van der Waals surface area contributed by atoms with Gasteiger partial charge in [0.25, 0.3) is 0 Å². The molecule has 1 aliphatic heterocycles. The average molecular weight is 282 g/mol. The van der Waals surface area contributed by atoms with Gasteiger partial charge in [-0.05, 0) is 37.6 Å². The van der Waals surface area contributed by atoms with Crippen molar-refractivity contribution in [3.63, 3.8) is 0 Å². The molecule has 1 aliphatic rings. The molecule has 4 nitrogen and oxygen atoms in total. The monoisotopic (exact) mass is 282 g/mol. The van der Waals surface area contributed by atoms with Crippen LogP contribution < -0.4 is 5.32 Å². The number of ether oxygens (including phenoxy) is 1. The predicted octanol–water partition coefficient (Wildman–Crippen LogP) is 3.02. The van der Waals surface area contributed by atoms with Crippen molar-refractivity contribution in [3.05, 3.63) is 22.4 Å². The first-order chi connectivity index (χ1) is 9.33. The molecule has 2 amide bonds. The van der Waals surface area contributed by atoms with Gasteiger partial charge >= 0.3 is 6.03 Å². The molecule has 0 spiro atoms. The number of likely N-dealkylation sites (tertiary alicyclic amines) is 1. The highest BCUT2D eigenvalue weighted by Crippen LogP contribution is 2.34. The van der Waals surface area contributed by atoms with Crippen LogP contribution in [-0.4, -0.2) is 37.2 Å². The molecule has 2 rings (SSSR count). The minimum absolute atomic E-state index is 0.0624. The summed E-state index contributed by atoms with van der Waals surface area (Å²) in [6.07, 6.45) is 3.04. The van der Waals surface area contributed by atoms with Crippen LogP contribution in [0.3, 0.4) is 0 Å². The van der Waals surface area contributed by atoms with Gasteiger partial charge in [0.15, 0.2) is 0 Å². The van der Waals surface area contributed by atoms with Gasteiger partial charge in [0.1, 0.15) is 0 Å². The lowest BCUT2D eigenvalue weighted by Gasteiger charge is -2.24. The second kappa shape index (κ2) is 7.50. The second-order valence-electron chi connectivity index (χ2n) is 4.65. The SMILES string of the molecule is CCOCCCNC(=O)N1CCCC1c1cccs1. The maximum atomic E-state index is 12.2. The zero-order valence-electron chi connectivity index (χ0n) is 11.4. The van der Waals surface area contributed by atoms with Crippen LogP contribution in [0.25, 0.3) is 0 Å². The fraction of sp³-hybridized carbons (Fsp3) is 0.643. The molecule has 1 N–H and O–H groups in total. The minimum Gasteiger partial charge on any atom is -0.382 e. The topological polar surface area (TPSA) is 41.6 Å². The molecular formula is C14H22N2O2S. The summed E-state index contributed by atoms with van der Waals surface area (Å²) in [6.45, 7) is 4.98. The van der Waals surface area contributed by atoms with Crippen LogP contribution in [0.4, 0.5) is 4.79 Å². The number of carbonyl (C=O) groups is 1. The van der Waals surface area contributed by atoms with Crippen LogP contribution in [0.5, 0.6) is 0 Å². The fourth-order valence-corrected chi connectivity index (χ4v) is 3.28. The molecule has 1 unspecified atom stereocenters. The lowest BCUT2D eigenvalue weighted by molar-refractivity contribution is 0.143. The maximum Gasteiger partial charge on any atom is 0.317 e. The summed E-state index contributed by atoms with van der Waals surface area (Å²) in [5.74, 6) is 0. The number of hydrogen-bond acceptors (Lipinski definition) is 3. The lowest BCUT2D eigenvalue weighted by atomic mass is 10.2. The first-order valence-electron chi connectivity index (χ1n) is 6.98. The third kappa shape index (κ3) is 3.94. The molecule has 0 saturated carbocycles. The molecule has 1 fully saturated rings. The zero-order valence-corrected chi connectivity index (χ0v) is 12.2. The van der Waals surface area contributed by atoms with E-state index in [4.69, 9.17) is 4.74 Å². The van der Waals surface area contributed by atoms with Gasteiger partial charge in [0.2, 0.25) is 0 Å². The lowest BCUT2D eigenvalue weighted by Crippen LogP contribution is -2.39. The summed E-state index contributed by atoms with van der Waals surface area (Å²) < 4.78 is 5.26. The van der Waals surface area contributed by atoms with Crippen molar-refractivity contribution < 1.29 is 9.53 Å². The van der Waals surface area contributed by atoms with Gasteiger partial charge in [-0.15, -0.1) is 11.3 Å². The van der Waals surface area contributed by atoms with Crippen molar-refractivity contribution in [3.8, 4) is 0 Å². The van der Waals surface area contributed by atoms with Crippen molar-refractivity contribution in [1.29, 1.82) is 0 Å². The molecule has 5 heteroatoms. The quantitative estimate of drug-likeness (QED) is 0.815. The molecule has 0 aromatic carbocycles. The standard InChI is InChI=1S/C14H22N2O2S/c1-2-18-10-5-8-15-14(17)16-9-3-6-12(16)13-7-4-11-19-13/h4,7,11-12H,2-3,5-6,8-10H2,1H3,(H,15,17). The van der Waals surface area contributed by atoms with Gasteiger partial charge in [-0.1, -0.05) is 6.07 Å². The van der Waals surface area contributed by atoms with Crippen LogP contribution in [0.2, 0.25) is 0 Å². The Labute approximate surface area is 118 Å². The number of nitrogens with zero attached hydrogens (tertiary/aromatic N) is 1. The van der Waals surface area contributed by atoms with Crippen molar-refractivity contribution in [2.75, 3.05) is 26.3 Å². The Hall–Kier alpha value is -1.07. The van der Waals surface area contributed by atoms with Gasteiger partial charge in [0, 0.05) is 31.2 Å². The van der Waals surface area contributed by atoms with E-state index in [2.05, 4.69) is 22.8 Å². The summed E-state index contributed by atoms with van der Waals surface area (Å²) in [5, 5.41) is 5.06. The van der Waals surface area contributed by atoms with E-state index < -0.39 is 0 Å². The Morgan fingerprint density at radius 3 is 3.26 bits per heavy atom. The summed E-state index contributed by atoms with van der Waals surface area (Å²) in [4.78, 5) is 15.4. The first kappa shape index (κ1) is 14.3. The van der Waals surface area contributed by atoms with E-state index >= 15 is 0 Å². The van der Waals surface area contributed by atoms with Crippen LogP contribution in [-0.2, 0) is 4.74 Å². The molecule has 0 bridgehead atoms. The van der Waals surface area contributed by atoms with Crippen molar-refractivity contribution >= 4 is 17.4 Å². The number of carbonyl (C=O) groups excluding carboxylic acids is 1. The van der Waals surface area contributed by atoms with Gasteiger partial charge in [-0.3, -0.25) is 0 Å². The molecule has 19 heavy (non-hydrogen) atoms. The van der Waals surface area contributed by atoms with Crippen LogP contribution in [0.15, 0.2) is 17.5 Å². The Morgan fingerprint density at radius 1 is 1.63 bits per heavy atom. The van der Waals surface area contributed by atoms with Crippen LogP contribution >= 0.6 is 11.3 Å². The third-order valence-electron chi connectivity index (χ3n) is 3.33. The molecule has 0 radical (unpaired) electrons. The number of nitrogens with one attached hydrogen (secondary N) is 1. The Kier molecular flexibility index (Phi) is 5.66. The zero-order chi connectivity index (χ0) is 13.5. The normalized spacial score (nSPS) is 18.8. The summed E-state index contributed by atoms with van der Waals surface area (Å²) in [5.41, 5.74) is 0. The Morgan fingerprint density at radius 2 is 2.53 bits per heavy atom. The smallest absolute Gasteiger partial charge is 0.317 e. The average Bonchev–Trinajstić information content (AvgIpc) is 3.08. The molecule has 1 atom stereocenters. The minimum atomic E-state index is 0.0624. The number of amides is 2. The van der Waals surface area contributed by atoms with E-state index in [0.717, 1.165) is 32.4 Å². The summed E-state index contributed by atoms with van der Waals surface area (Å²) in [6, 6.07) is 4.51. The second-order valence-corrected chi connectivity index (χ2v) is 5.63. The van der Waals surface area contributed by atoms with Crippen molar-refractivity contribution in [2.24, 2.45) is 0 Å². The van der Waals surface area contributed by atoms with Gasteiger partial charge in [-0.25, -0.2) is 4.79 Å². The van der Waals surface area contributed by atoms with E-state index in [-0.39, 0.29) is 12.1 Å². The van der Waals surface area contributed by atoms with Crippen LogP contribution in [0.1, 0.15) is 37.1 Å². The number of urea groups is 1. The highest BCUT2D eigenvalue weighted by atomic mass is 32.1. The molecule has 1 saturated heterocycles. The maximum absolute atomic E-state index is 12.2. The van der Waals surface area contributed by atoms with E-state index in [1.165, 1.54) is 4.88 Å². The third-order valence-corrected chi connectivity index (χ3v) is 4.30. The van der Waals surface area contributed by atoms with Crippen molar-refractivity contribution in [1.82, 2.24) is 10.2 Å². The van der Waals surface area contributed by atoms with E-state index in [0.29, 0.717) is 13.2 Å². The largest absolute Gasteiger partial charge is 0.382 e.